The van der Waals surface area contributed by atoms with E-state index in [-0.39, 0.29) is 78.9 Å². The van der Waals surface area contributed by atoms with Crippen molar-refractivity contribution < 1.29 is 77.3 Å². The lowest BCUT2D eigenvalue weighted by atomic mass is 9.73. The fourth-order valence-corrected chi connectivity index (χ4v) is 13.2. The molecule has 6 saturated heterocycles. The van der Waals surface area contributed by atoms with Crippen molar-refractivity contribution in [1.82, 2.24) is 0 Å². The Hall–Kier alpha value is -1.09. The van der Waals surface area contributed by atoms with Gasteiger partial charge >= 0.3 is 5.97 Å². The third kappa shape index (κ3) is 8.59. The van der Waals surface area contributed by atoms with Crippen LogP contribution in [0.3, 0.4) is 0 Å². The zero-order valence-electron chi connectivity index (χ0n) is 39.9. The van der Waals surface area contributed by atoms with Crippen LogP contribution in [0.4, 0.5) is 0 Å². The van der Waals surface area contributed by atoms with E-state index in [0.29, 0.717) is 12.8 Å². The van der Waals surface area contributed by atoms with Gasteiger partial charge in [-0.1, -0.05) is 53.9 Å². The van der Waals surface area contributed by atoms with Gasteiger partial charge in [-0.15, -0.1) is 0 Å². The number of carboxylic acid groups (broad SMARTS) is 1. The van der Waals surface area contributed by atoms with Gasteiger partial charge in [-0.2, -0.15) is 0 Å². The van der Waals surface area contributed by atoms with Gasteiger partial charge in [0.2, 0.25) is 11.9 Å². The molecular weight excluding hydrogens is 821 g/mol. The molecule has 22 unspecified atom stereocenters. The SMILES string of the molecule is COC1CC(CC2OC(O)(C(O)C(=O)O)C(C)C(OC)C2(C)OC)OC2(OC(C)(C3CCC(C4CCC(C5OC(C)(O)C(C)C(OC6CCCCC6)C5C)O4)O3)C(OC)C2C)C1C. The van der Waals surface area contributed by atoms with Gasteiger partial charge in [0.1, 0.15) is 11.2 Å². The third-order valence-corrected chi connectivity index (χ3v) is 17.3. The van der Waals surface area contributed by atoms with Crippen LogP contribution in [0.2, 0.25) is 0 Å². The van der Waals surface area contributed by atoms with Gasteiger partial charge in [0.25, 0.3) is 0 Å². The van der Waals surface area contributed by atoms with Crippen molar-refractivity contribution in [3.05, 3.63) is 0 Å². The van der Waals surface area contributed by atoms with E-state index in [1.807, 2.05) is 13.8 Å². The summed E-state index contributed by atoms with van der Waals surface area (Å²) in [5.41, 5.74) is -2.12. The second-order valence-electron chi connectivity index (χ2n) is 20.8. The van der Waals surface area contributed by atoms with E-state index in [0.717, 1.165) is 32.1 Å². The van der Waals surface area contributed by atoms with Crippen molar-refractivity contribution in [1.29, 1.82) is 0 Å². The highest BCUT2D eigenvalue weighted by Crippen LogP contribution is 2.57. The Labute approximate surface area is 374 Å². The summed E-state index contributed by atoms with van der Waals surface area (Å²) in [6.45, 7) is 15.5. The number of ether oxygens (including phenoxy) is 11. The normalized spacial score (nSPS) is 52.7. The van der Waals surface area contributed by atoms with Crippen LogP contribution in [0.5, 0.6) is 0 Å². The molecule has 7 fully saturated rings. The molecule has 0 bridgehead atoms. The van der Waals surface area contributed by atoms with Crippen LogP contribution in [-0.2, 0) is 56.9 Å². The minimum atomic E-state index is -2.49. The quantitative estimate of drug-likeness (QED) is 0.198. The van der Waals surface area contributed by atoms with Crippen molar-refractivity contribution in [2.75, 3.05) is 28.4 Å². The molecule has 6 aliphatic heterocycles. The molecule has 7 rings (SSSR count). The van der Waals surface area contributed by atoms with Crippen LogP contribution < -0.4 is 0 Å². The fraction of sp³-hybridized carbons (Fsp3) is 0.979. The predicted molar refractivity (Wildman–Crippen MR) is 226 cm³/mol. The molecule has 0 aromatic carbocycles. The molecule has 1 saturated carbocycles. The van der Waals surface area contributed by atoms with Crippen LogP contribution in [0.25, 0.3) is 0 Å². The number of carboxylic acids is 1. The number of aliphatic hydroxyl groups is 3. The highest BCUT2D eigenvalue weighted by molar-refractivity contribution is 5.73. The predicted octanol–water partition coefficient (Wildman–Crippen LogP) is 4.73. The smallest absolute Gasteiger partial charge is 0.338 e. The summed E-state index contributed by atoms with van der Waals surface area (Å²) in [6.07, 6.45) is 2.70. The first kappa shape index (κ1) is 49.8. The summed E-state index contributed by atoms with van der Waals surface area (Å²) in [6, 6.07) is 0. The topological polar surface area (TPSA) is 200 Å². The summed E-state index contributed by atoms with van der Waals surface area (Å²) in [5, 5.41) is 43.8. The van der Waals surface area contributed by atoms with Gasteiger partial charge in [0.05, 0.1) is 73.2 Å². The van der Waals surface area contributed by atoms with Crippen LogP contribution in [-0.4, -0.2) is 163 Å². The van der Waals surface area contributed by atoms with E-state index in [1.54, 1.807) is 35.0 Å². The number of aliphatic carboxylic acids is 1. The molecular formula is C47H80O16. The van der Waals surface area contributed by atoms with Crippen molar-refractivity contribution in [2.24, 2.45) is 29.6 Å². The summed E-state index contributed by atoms with van der Waals surface area (Å²) in [5.74, 6) is -8.37. The van der Waals surface area contributed by atoms with Crippen LogP contribution >= 0.6 is 0 Å². The molecule has 0 amide bonds. The Morgan fingerprint density at radius 1 is 0.730 bits per heavy atom. The van der Waals surface area contributed by atoms with E-state index in [9.17, 15) is 25.2 Å². The van der Waals surface area contributed by atoms with Gasteiger partial charge in [-0.25, -0.2) is 4.79 Å². The van der Waals surface area contributed by atoms with E-state index in [2.05, 4.69) is 20.8 Å². The second-order valence-corrected chi connectivity index (χ2v) is 20.8. The lowest BCUT2D eigenvalue weighted by molar-refractivity contribution is -0.389. The Morgan fingerprint density at radius 3 is 1.98 bits per heavy atom. The molecule has 0 aromatic rings. The summed E-state index contributed by atoms with van der Waals surface area (Å²) < 4.78 is 72.1. The molecule has 4 N–H and O–H groups in total. The molecule has 63 heavy (non-hydrogen) atoms. The number of hydrogen-bond acceptors (Lipinski definition) is 15. The minimum absolute atomic E-state index is 0.0340. The van der Waals surface area contributed by atoms with Gasteiger partial charge < -0.3 is 72.5 Å². The first-order valence-corrected chi connectivity index (χ1v) is 23.8. The van der Waals surface area contributed by atoms with E-state index >= 15 is 0 Å². The standard InChI is InChI=1S/C47H80O16/c1-24-37(57-29-16-14-13-15-17-29)26(3)45(8,51)62-38(24)33-19-18-31(58-33)32-20-21-35(59-32)44(7)41(55-11)28(5)47(63-44)25(2)34(53-9)22-30(60-47)23-36-43(6,56-12)40(54-10)27(4)46(52,61-36)39(48)42(49)50/h24-41,48,51-52H,13-23H2,1-12H3,(H,49,50). The summed E-state index contributed by atoms with van der Waals surface area (Å²) in [7, 11) is 6.31. The molecule has 364 valence electrons. The van der Waals surface area contributed by atoms with Gasteiger partial charge in [0.15, 0.2) is 11.6 Å². The average molecular weight is 901 g/mol. The van der Waals surface area contributed by atoms with Crippen LogP contribution in [0.15, 0.2) is 0 Å². The average Bonchev–Trinajstić information content (AvgIpc) is 4.00. The number of carbonyl (C=O) groups is 1. The second kappa shape index (κ2) is 18.8. The van der Waals surface area contributed by atoms with E-state index in [1.165, 1.54) is 33.5 Å². The third-order valence-electron chi connectivity index (χ3n) is 17.3. The maximum Gasteiger partial charge on any atom is 0.338 e. The zero-order valence-corrected chi connectivity index (χ0v) is 39.9. The summed E-state index contributed by atoms with van der Waals surface area (Å²) >= 11 is 0. The Kier molecular flexibility index (Phi) is 14.8. The van der Waals surface area contributed by atoms with Gasteiger partial charge in [-0.05, 0) is 59.3 Å². The minimum Gasteiger partial charge on any atom is -0.479 e. The highest BCUT2D eigenvalue weighted by atomic mass is 16.7. The summed E-state index contributed by atoms with van der Waals surface area (Å²) in [4.78, 5) is 12.0. The molecule has 0 aromatic heterocycles. The number of hydrogen-bond donors (Lipinski definition) is 4. The Morgan fingerprint density at radius 2 is 1.37 bits per heavy atom. The monoisotopic (exact) mass is 901 g/mol. The maximum absolute atomic E-state index is 12.0. The van der Waals surface area contributed by atoms with Crippen molar-refractivity contribution in [3.8, 4) is 0 Å². The van der Waals surface area contributed by atoms with E-state index in [4.69, 9.17) is 52.1 Å². The zero-order chi connectivity index (χ0) is 46.0. The van der Waals surface area contributed by atoms with Crippen LogP contribution in [0.1, 0.15) is 126 Å². The molecule has 22 atom stereocenters. The first-order valence-electron chi connectivity index (χ1n) is 23.8. The number of methoxy groups -OCH3 is 4. The Balaban J connectivity index is 1.07. The number of rotatable bonds is 13. The number of aliphatic hydroxyl groups excluding tert-OH is 1. The molecule has 16 nitrogen and oxygen atoms in total. The van der Waals surface area contributed by atoms with Crippen molar-refractivity contribution in [3.63, 3.8) is 0 Å². The lowest BCUT2D eigenvalue weighted by Crippen LogP contribution is -2.72. The molecule has 7 aliphatic rings. The van der Waals surface area contributed by atoms with Crippen LogP contribution in [0, 0.1) is 29.6 Å². The highest BCUT2D eigenvalue weighted by Gasteiger charge is 2.70. The largest absolute Gasteiger partial charge is 0.479 e. The fourth-order valence-electron chi connectivity index (χ4n) is 13.2. The molecule has 1 spiro atoms. The molecule has 1 aliphatic carbocycles. The lowest BCUT2D eigenvalue weighted by Gasteiger charge is -2.56. The first-order chi connectivity index (χ1) is 29.6. The van der Waals surface area contributed by atoms with Gasteiger partial charge in [0, 0.05) is 70.9 Å². The maximum atomic E-state index is 12.0. The van der Waals surface area contributed by atoms with E-state index < -0.39 is 71.0 Å². The molecule has 6 heterocycles. The Bertz CT molecular complexity index is 1560. The molecule has 16 heteroatoms. The van der Waals surface area contributed by atoms with Crippen molar-refractivity contribution in [2.45, 2.75) is 234 Å². The van der Waals surface area contributed by atoms with Crippen molar-refractivity contribution >= 4 is 5.97 Å². The molecule has 0 radical (unpaired) electrons. The van der Waals surface area contributed by atoms with Gasteiger partial charge in [-0.3, -0.25) is 0 Å².